The zero-order chi connectivity index (χ0) is 21.3. The van der Waals surface area contributed by atoms with Crippen molar-refractivity contribution in [3.05, 3.63) is 106 Å². The minimum absolute atomic E-state index is 0.0627. The summed E-state index contributed by atoms with van der Waals surface area (Å²) in [4.78, 5) is 51.9. The van der Waals surface area contributed by atoms with E-state index in [2.05, 4.69) is 0 Å². The molecule has 3 aromatic rings. The van der Waals surface area contributed by atoms with Crippen molar-refractivity contribution in [2.45, 2.75) is 6.42 Å². The van der Waals surface area contributed by atoms with Gasteiger partial charge in [0.25, 0.3) is 11.8 Å². The van der Waals surface area contributed by atoms with Gasteiger partial charge in [-0.1, -0.05) is 54.1 Å². The van der Waals surface area contributed by atoms with Crippen molar-refractivity contribution in [3.8, 4) is 0 Å². The standard InChI is InChI=1S/C24H16ClNO4/c25-16-10-11-17(20(14-16)22(28)15-6-2-1-3-7-15)21(27)12-13-26-23(29)18-8-4-5-9-19(18)24(26)30/h1-11,14H,12-13H2. The number of halogens is 1. The van der Waals surface area contributed by atoms with E-state index in [-0.39, 0.29) is 35.7 Å². The van der Waals surface area contributed by atoms with Crippen LogP contribution in [0, 0.1) is 0 Å². The van der Waals surface area contributed by atoms with Gasteiger partial charge in [0.15, 0.2) is 11.6 Å². The van der Waals surface area contributed by atoms with Crippen LogP contribution in [-0.4, -0.2) is 34.8 Å². The predicted molar refractivity (Wildman–Crippen MR) is 112 cm³/mol. The van der Waals surface area contributed by atoms with Crippen LogP contribution in [0.2, 0.25) is 5.02 Å². The van der Waals surface area contributed by atoms with Crippen LogP contribution >= 0.6 is 11.6 Å². The largest absolute Gasteiger partial charge is 0.294 e. The fraction of sp³-hybridized carbons (Fsp3) is 0.0833. The Kier molecular flexibility index (Phi) is 5.29. The molecule has 1 aliphatic rings. The first-order chi connectivity index (χ1) is 14.5. The number of Topliss-reactive ketones (excluding diaryl/α,β-unsaturated/α-hetero) is 1. The van der Waals surface area contributed by atoms with Gasteiger partial charge >= 0.3 is 0 Å². The van der Waals surface area contributed by atoms with E-state index in [9.17, 15) is 19.2 Å². The van der Waals surface area contributed by atoms with Gasteiger partial charge in [-0.05, 0) is 30.3 Å². The molecule has 6 heteroatoms. The Morgan fingerprint density at radius 1 is 0.767 bits per heavy atom. The maximum atomic E-state index is 12.9. The smallest absolute Gasteiger partial charge is 0.261 e. The number of nitrogens with zero attached hydrogens (tertiary/aromatic N) is 1. The van der Waals surface area contributed by atoms with E-state index >= 15 is 0 Å². The van der Waals surface area contributed by atoms with Gasteiger partial charge in [0.05, 0.1) is 11.1 Å². The molecule has 2 amide bonds. The van der Waals surface area contributed by atoms with Crippen molar-refractivity contribution in [1.82, 2.24) is 4.90 Å². The fourth-order valence-corrected chi connectivity index (χ4v) is 3.65. The van der Waals surface area contributed by atoms with E-state index in [1.54, 1.807) is 60.7 Å². The number of amides is 2. The van der Waals surface area contributed by atoms with E-state index in [0.717, 1.165) is 4.90 Å². The summed E-state index contributed by atoms with van der Waals surface area (Å²) in [6.45, 7) is -0.0627. The summed E-state index contributed by atoms with van der Waals surface area (Å²) in [5.74, 6) is -1.50. The Labute approximate surface area is 177 Å². The molecule has 0 spiro atoms. The van der Waals surface area contributed by atoms with Crippen molar-refractivity contribution >= 4 is 35.0 Å². The van der Waals surface area contributed by atoms with E-state index < -0.39 is 11.8 Å². The first-order valence-corrected chi connectivity index (χ1v) is 9.73. The second kappa shape index (κ2) is 8.05. The van der Waals surface area contributed by atoms with Gasteiger partial charge in [0.2, 0.25) is 0 Å². The number of benzene rings is 3. The lowest BCUT2D eigenvalue weighted by Gasteiger charge is -2.14. The highest BCUT2D eigenvalue weighted by molar-refractivity contribution is 6.31. The van der Waals surface area contributed by atoms with Crippen molar-refractivity contribution in [1.29, 1.82) is 0 Å². The summed E-state index contributed by atoms with van der Waals surface area (Å²) >= 11 is 6.06. The number of fused-ring (bicyclic) bond motifs is 1. The van der Waals surface area contributed by atoms with Crippen LogP contribution in [0.15, 0.2) is 72.8 Å². The van der Waals surface area contributed by atoms with Crippen LogP contribution in [0.25, 0.3) is 0 Å². The van der Waals surface area contributed by atoms with Gasteiger partial charge < -0.3 is 0 Å². The van der Waals surface area contributed by atoms with Crippen LogP contribution in [0.4, 0.5) is 0 Å². The second-order valence-electron chi connectivity index (χ2n) is 6.87. The molecule has 4 rings (SSSR count). The van der Waals surface area contributed by atoms with Crippen molar-refractivity contribution in [3.63, 3.8) is 0 Å². The third kappa shape index (κ3) is 3.55. The maximum Gasteiger partial charge on any atom is 0.261 e. The SMILES string of the molecule is O=C(CCN1C(=O)c2ccccc2C1=O)c1ccc(Cl)cc1C(=O)c1ccccc1. The van der Waals surface area contributed by atoms with E-state index in [1.165, 1.54) is 12.1 Å². The van der Waals surface area contributed by atoms with Gasteiger partial charge in [-0.15, -0.1) is 0 Å². The summed E-state index contributed by atoms with van der Waals surface area (Å²) in [6.07, 6.45) is -0.0951. The lowest BCUT2D eigenvalue weighted by atomic mass is 9.95. The minimum atomic E-state index is -0.417. The van der Waals surface area contributed by atoms with Gasteiger partial charge in [-0.2, -0.15) is 0 Å². The Morgan fingerprint density at radius 2 is 1.37 bits per heavy atom. The van der Waals surface area contributed by atoms with Gasteiger partial charge in [0, 0.05) is 34.7 Å². The molecule has 0 unspecified atom stereocenters. The molecule has 1 heterocycles. The lowest BCUT2D eigenvalue weighted by molar-refractivity contribution is 0.0649. The van der Waals surface area contributed by atoms with E-state index in [1.807, 2.05) is 0 Å². The number of hydrogen-bond acceptors (Lipinski definition) is 4. The first-order valence-electron chi connectivity index (χ1n) is 9.35. The Hall–Kier alpha value is -3.57. The van der Waals surface area contributed by atoms with Crippen molar-refractivity contribution < 1.29 is 19.2 Å². The molecule has 0 radical (unpaired) electrons. The van der Waals surface area contributed by atoms with Gasteiger partial charge in [-0.3, -0.25) is 24.1 Å². The first kappa shape index (κ1) is 19.7. The summed E-state index contributed by atoms with van der Waals surface area (Å²) < 4.78 is 0. The molecule has 0 N–H and O–H groups in total. The molecule has 3 aromatic carbocycles. The highest BCUT2D eigenvalue weighted by atomic mass is 35.5. The molecule has 30 heavy (non-hydrogen) atoms. The highest BCUT2D eigenvalue weighted by Crippen LogP contribution is 2.24. The van der Waals surface area contributed by atoms with Crippen LogP contribution in [0.1, 0.15) is 53.4 Å². The molecule has 0 saturated heterocycles. The molecule has 5 nitrogen and oxygen atoms in total. The molecular formula is C24H16ClNO4. The van der Waals surface area contributed by atoms with Gasteiger partial charge in [0.1, 0.15) is 0 Å². The molecule has 0 atom stereocenters. The number of imide groups is 1. The summed E-state index contributed by atoms with van der Waals surface area (Å²) in [5.41, 5.74) is 1.52. The third-order valence-electron chi connectivity index (χ3n) is 5.00. The number of rotatable bonds is 6. The summed E-state index contributed by atoms with van der Waals surface area (Å²) in [7, 11) is 0. The maximum absolute atomic E-state index is 12.9. The quantitative estimate of drug-likeness (QED) is 0.439. The number of carbonyl (C=O) groups is 4. The molecule has 148 valence electrons. The number of hydrogen-bond donors (Lipinski definition) is 0. The second-order valence-corrected chi connectivity index (χ2v) is 7.30. The minimum Gasteiger partial charge on any atom is -0.294 e. The number of carbonyl (C=O) groups excluding carboxylic acids is 4. The molecular weight excluding hydrogens is 402 g/mol. The topological polar surface area (TPSA) is 71.5 Å². The molecule has 0 saturated carbocycles. The summed E-state index contributed by atoms with van der Waals surface area (Å²) in [5, 5.41) is 0.339. The van der Waals surface area contributed by atoms with E-state index in [4.69, 9.17) is 11.6 Å². The van der Waals surface area contributed by atoms with Crippen molar-refractivity contribution in [2.75, 3.05) is 6.54 Å². The predicted octanol–water partition coefficient (Wildman–Crippen LogP) is 4.44. The normalized spacial score (nSPS) is 12.8. The zero-order valence-electron chi connectivity index (χ0n) is 15.8. The van der Waals surface area contributed by atoms with Crippen LogP contribution in [0.5, 0.6) is 0 Å². The Bertz CT molecular complexity index is 1150. The molecule has 0 fully saturated rings. The average molecular weight is 418 g/mol. The Morgan fingerprint density at radius 3 is 2.00 bits per heavy atom. The molecule has 1 aliphatic heterocycles. The highest BCUT2D eigenvalue weighted by Gasteiger charge is 2.35. The van der Waals surface area contributed by atoms with Crippen molar-refractivity contribution in [2.24, 2.45) is 0 Å². The molecule has 0 aliphatic carbocycles. The zero-order valence-corrected chi connectivity index (χ0v) is 16.6. The third-order valence-corrected chi connectivity index (χ3v) is 5.24. The van der Waals surface area contributed by atoms with Crippen LogP contribution < -0.4 is 0 Å². The monoisotopic (exact) mass is 417 g/mol. The van der Waals surface area contributed by atoms with Crippen LogP contribution in [-0.2, 0) is 0 Å². The molecule has 0 aromatic heterocycles. The fourth-order valence-electron chi connectivity index (χ4n) is 3.48. The Balaban J connectivity index is 1.56. The van der Waals surface area contributed by atoms with E-state index in [0.29, 0.717) is 21.7 Å². The summed E-state index contributed by atoms with van der Waals surface area (Å²) in [6, 6.07) is 19.7. The average Bonchev–Trinajstić information content (AvgIpc) is 3.02. The van der Waals surface area contributed by atoms with Crippen LogP contribution in [0.3, 0.4) is 0 Å². The molecule has 0 bridgehead atoms. The number of ketones is 2. The lowest BCUT2D eigenvalue weighted by Crippen LogP contribution is -2.32. The van der Waals surface area contributed by atoms with Gasteiger partial charge in [-0.25, -0.2) is 0 Å².